The molecule has 1 N–H and O–H groups in total. The van der Waals surface area contributed by atoms with Gasteiger partial charge in [0.2, 0.25) is 5.91 Å². The predicted octanol–water partition coefficient (Wildman–Crippen LogP) is 3.36. The molecule has 43 heavy (non-hydrogen) atoms. The predicted molar refractivity (Wildman–Crippen MR) is 161 cm³/mol. The van der Waals surface area contributed by atoms with Gasteiger partial charge < -0.3 is 18.9 Å². The molecule has 2 bridgehead atoms. The number of rotatable bonds is 8. The first kappa shape index (κ1) is 28.7. The van der Waals surface area contributed by atoms with Gasteiger partial charge in [0.1, 0.15) is 5.41 Å². The number of pyridine rings is 1. The Morgan fingerprint density at radius 2 is 1.63 bits per heavy atom. The Morgan fingerprint density at radius 3 is 2.35 bits per heavy atom. The maximum absolute atomic E-state index is 14.6. The number of aryl methyl sites for hydroxylation is 1. The second-order valence-corrected chi connectivity index (χ2v) is 11.8. The van der Waals surface area contributed by atoms with Gasteiger partial charge in [-0.25, -0.2) is 9.69 Å². The number of benzene rings is 2. The monoisotopic (exact) mass is 584 g/mol. The van der Waals surface area contributed by atoms with Crippen molar-refractivity contribution in [3.8, 4) is 11.5 Å². The van der Waals surface area contributed by atoms with Gasteiger partial charge in [0, 0.05) is 43.9 Å². The molecule has 4 amide bonds. The number of piperidine rings is 1. The molecule has 2 saturated heterocycles. The Kier molecular flexibility index (Phi) is 7.56. The van der Waals surface area contributed by atoms with Gasteiger partial charge in [0.15, 0.2) is 11.5 Å². The fourth-order valence-electron chi connectivity index (χ4n) is 6.99. The highest BCUT2D eigenvalue weighted by Crippen LogP contribution is 2.40. The van der Waals surface area contributed by atoms with E-state index in [1.807, 2.05) is 35.8 Å². The molecule has 10 heteroatoms. The lowest BCUT2D eigenvalue weighted by atomic mass is 9.75. The van der Waals surface area contributed by atoms with Crippen LogP contribution < -0.4 is 25.2 Å². The number of fused-ring (bicyclic) bond motifs is 4. The number of barbiturate groups is 1. The van der Waals surface area contributed by atoms with Gasteiger partial charge in [-0.05, 0) is 66.6 Å². The first-order chi connectivity index (χ1) is 20.8. The zero-order valence-corrected chi connectivity index (χ0v) is 24.7. The van der Waals surface area contributed by atoms with E-state index >= 15 is 0 Å². The second-order valence-electron chi connectivity index (χ2n) is 11.8. The van der Waals surface area contributed by atoms with Crippen molar-refractivity contribution in [2.75, 3.05) is 38.8 Å². The van der Waals surface area contributed by atoms with Gasteiger partial charge in [-0.15, -0.1) is 0 Å². The number of carbonyl (C=O) groups is 3. The Morgan fingerprint density at radius 1 is 0.884 bits per heavy atom. The van der Waals surface area contributed by atoms with Crippen LogP contribution in [0.2, 0.25) is 0 Å². The fraction of sp³-hybridized carbons (Fsp3) is 0.394. The number of nitrogens with zero attached hydrogens (tertiary/aromatic N) is 3. The van der Waals surface area contributed by atoms with Crippen molar-refractivity contribution in [3.05, 3.63) is 87.8 Å². The van der Waals surface area contributed by atoms with Crippen LogP contribution in [-0.4, -0.2) is 61.2 Å². The summed E-state index contributed by atoms with van der Waals surface area (Å²) in [5.41, 5.74) is 1.56. The lowest BCUT2D eigenvalue weighted by molar-refractivity contribution is -0.144. The zero-order chi connectivity index (χ0) is 30.3. The average Bonchev–Trinajstić information content (AvgIpc) is 3.01. The van der Waals surface area contributed by atoms with Crippen molar-refractivity contribution < 1.29 is 23.9 Å². The third-order valence-electron chi connectivity index (χ3n) is 9.08. The summed E-state index contributed by atoms with van der Waals surface area (Å²) in [6.07, 6.45) is 1.81. The van der Waals surface area contributed by atoms with Crippen LogP contribution in [0, 0.1) is 11.3 Å². The van der Waals surface area contributed by atoms with E-state index < -0.39 is 23.3 Å². The van der Waals surface area contributed by atoms with E-state index in [1.165, 1.54) is 7.11 Å². The number of carbonyl (C=O) groups excluding carboxylic acids is 3. The molecule has 3 unspecified atom stereocenters. The van der Waals surface area contributed by atoms with E-state index in [0.717, 1.165) is 29.0 Å². The molecule has 3 aliphatic rings. The number of aromatic nitrogens is 1. The standard InChI is InChI=1S/C33H36N4O6/c1-4-21-8-11-25(12-9-21)37-31(40)33(30(39)34-32(37)41,16-22-10-13-27(42-2)28(15-22)43-3)20-35-17-23-14-24(19-35)26-6-5-7-29(38)36(26)18-23/h5-13,15,23-24H,4,14,16-20H2,1-3H3,(H,34,39,41). The first-order valence-electron chi connectivity index (χ1n) is 14.7. The maximum Gasteiger partial charge on any atom is 0.335 e. The first-order valence-corrected chi connectivity index (χ1v) is 14.7. The topological polar surface area (TPSA) is 110 Å². The maximum atomic E-state index is 14.6. The minimum atomic E-state index is -1.60. The molecule has 1 aromatic heterocycles. The van der Waals surface area contributed by atoms with Crippen molar-refractivity contribution in [3.63, 3.8) is 0 Å². The third-order valence-corrected chi connectivity index (χ3v) is 9.08. The summed E-state index contributed by atoms with van der Waals surface area (Å²) >= 11 is 0. The molecule has 0 aliphatic carbocycles. The average molecular weight is 585 g/mol. The molecule has 2 aromatic carbocycles. The van der Waals surface area contributed by atoms with Crippen molar-refractivity contribution in [2.24, 2.45) is 11.3 Å². The van der Waals surface area contributed by atoms with Gasteiger partial charge in [0.25, 0.3) is 11.5 Å². The van der Waals surface area contributed by atoms with Crippen LogP contribution in [0.5, 0.6) is 11.5 Å². The van der Waals surface area contributed by atoms with Crippen LogP contribution in [-0.2, 0) is 29.0 Å². The van der Waals surface area contributed by atoms with Crippen LogP contribution >= 0.6 is 0 Å². The number of amides is 4. The molecule has 224 valence electrons. The van der Waals surface area contributed by atoms with Crippen molar-refractivity contribution >= 4 is 23.5 Å². The summed E-state index contributed by atoms with van der Waals surface area (Å²) < 4.78 is 12.8. The number of methoxy groups -OCH3 is 2. The molecule has 0 saturated carbocycles. The van der Waals surface area contributed by atoms with E-state index in [0.29, 0.717) is 42.4 Å². The lowest BCUT2D eigenvalue weighted by Crippen LogP contribution is -2.68. The van der Waals surface area contributed by atoms with E-state index in [2.05, 4.69) is 10.2 Å². The number of nitrogens with one attached hydrogen (secondary N) is 1. The number of urea groups is 1. The summed E-state index contributed by atoms with van der Waals surface area (Å²) in [4.78, 5) is 57.6. The largest absolute Gasteiger partial charge is 0.493 e. The summed E-state index contributed by atoms with van der Waals surface area (Å²) in [7, 11) is 3.08. The molecule has 0 spiro atoms. The minimum Gasteiger partial charge on any atom is -0.493 e. The third kappa shape index (κ3) is 5.09. The van der Waals surface area contributed by atoms with Crippen LogP contribution in [0.3, 0.4) is 0 Å². The number of likely N-dealkylation sites (tertiary alicyclic amines) is 1. The quantitative estimate of drug-likeness (QED) is 0.405. The fourth-order valence-corrected chi connectivity index (χ4v) is 6.99. The normalized spacial score (nSPS) is 23.5. The molecule has 3 aromatic rings. The smallest absolute Gasteiger partial charge is 0.335 e. The number of imide groups is 2. The van der Waals surface area contributed by atoms with E-state index in [-0.39, 0.29) is 30.4 Å². The number of hydrogen-bond acceptors (Lipinski definition) is 7. The molecular formula is C33H36N4O6. The highest BCUT2D eigenvalue weighted by Gasteiger charge is 2.56. The van der Waals surface area contributed by atoms with Gasteiger partial charge >= 0.3 is 6.03 Å². The number of anilines is 1. The van der Waals surface area contributed by atoms with Gasteiger partial charge in [-0.1, -0.05) is 31.2 Å². The van der Waals surface area contributed by atoms with E-state index in [1.54, 1.807) is 43.5 Å². The van der Waals surface area contributed by atoms with Gasteiger partial charge in [-0.2, -0.15) is 0 Å². The SMILES string of the molecule is CCc1ccc(N2C(=O)NC(=O)C(Cc3ccc(OC)c(OC)c3)(CN3CC4CC(C3)c3cccc(=O)n3C4)C2=O)cc1. The Labute approximate surface area is 250 Å². The minimum absolute atomic E-state index is 0.00402. The molecule has 0 radical (unpaired) electrons. The molecule has 10 nitrogen and oxygen atoms in total. The van der Waals surface area contributed by atoms with Crippen molar-refractivity contribution in [1.29, 1.82) is 0 Å². The zero-order valence-electron chi connectivity index (χ0n) is 24.7. The molecule has 6 rings (SSSR count). The molecule has 3 aliphatic heterocycles. The summed E-state index contributed by atoms with van der Waals surface area (Å²) in [6, 6.07) is 17.2. The molecule has 4 heterocycles. The molecule has 3 atom stereocenters. The van der Waals surface area contributed by atoms with Crippen molar-refractivity contribution in [2.45, 2.75) is 38.6 Å². The number of ether oxygens (including phenoxy) is 2. The summed E-state index contributed by atoms with van der Waals surface area (Å²) in [5.74, 6) is 0.131. The van der Waals surface area contributed by atoms with Crippen LogP contribution in [0.25, 0.3) is 0 Å². The Balaban J connectivity index is 1.39. The second kappa shape index (κ2) is 11.3. The summed E-state index contributed by atoms with van der Waals surface area (Å²) in [6.45, 7) is 3.97. The van der Waals surface area contributed by atoms with Crippen LogP contribution in [0.15, 0.2) is 65.5 Å². The molecule has 2 fully saturated rings. The van der Waals surface area contributed by atoms with Gasteiger partial charge in [0.05, 0.1) is 19.9 Å². The lowest BCUT2D eigenvalue weighted by Gasteiger charge is -2.47. The Hall–Kier alpha value is -4.44. The van der Waals surface area contributed by atoms with Crippen LogP contribution in [0.4, 0.5) is 10.5 Å². The summed E-state index contributed by atoms with van der Waals surface area (Å²) in [5, 5.41) is 2.51. The van der Waals surface area contributed by atoms with E-state index in [9.17, 15) is 19.2 Å². The number of hydrogen-bond donors (Lipinski definition) is 1. The van der Waals surface area contributed by atoms with Gasteiger partial charge in [-0.3, -0.25) is 19.7 Å². The van der Waals surface area contributed by atoms with Crippen LogP contribution in [0.1, 0.15) is 36.1 Å². The van der Waals surface area contributed by atoms with E-state index in [4.69, 9.17) is 9.47 Å². The highest BCUT2D eigenvalue weighted by molar-refractivity contribution is 6.30. The molecular weight excluding hydrogens is 548 g/mol. The van der Waals surface area contributed by atoms with Crippen molar-refractivity contribution in [1.82, 2.24) is 14.8 Å². The highest BCUT2D eigenvalue weighted by atomic mass is 16.5. The Bertz CT molecular complexity index is 1630.